The number of anilines is 1. The Morgan fingerprint density at radius 1 is 1.22 bits per heavy atom. The second kappa shape index (κ2) is 12.3. The van der Waals surface area contributed by atoms with E-state index >= 15 is 0 Å². The Bertz CT molecular complexity index is 662. The summed E-state index contributed by atoms with van der Waals surface area (Å²) < 4.78 is 2.42. The second-order valence-corrected chi connectivity index (χ2v) is 8.71. The molecular formula is C20H29ClN2O2S2. The largest absolute Gasteiger partial charge is 0.388 e. The zero-order valence-electron chi connectivity index (χ0n) is 16.5. The summed E-state index contributed by atoms with van der Waals surface area (Å²) in [6, 6.07) is 5.99. The van der Waals surface area contributed by atoms with E-state index < -0.39 is 6.10 Å². The molecule has 0 aliphatic heterocycles. The third-order valence-electron chi connectivity index (χ3n) is 3.96. The van der Waals surface area contributed by atoms with Crippen LogP contribution in [0, 0.1) is 0 Å². The fourth-order valence-electron chi connectivity index (χ4n) is 2.57. The van der Waals surface area contributed by atoms with Crippen LogP contribution in [0.4, 0.5) is 5.69 Å². The zero-order chi connectivity index (χ0) is 20.4. The third kappa shape index (κ3) is 7.74. The van der Waals surface area contributed by atoms with Gasteiger partial charge in [0.05, 0.1) is 6.10 Å². The molecule has 0 fully saturated rings. The molecular weight excluding hydrogens is 400 g/mol. The maximum atomic E-state index is 9.86. The van der Waals surface area contributed by atoms with Gasteiger partial charge in [0.1, 0.15) is 0 Å². The summed E-state index contributed by atoms with van der Waals surface area (Å²) >= 11 is 8.88. The molecule has 1 amide bonds. The fourth-order valence-corrected chi connectivity index (χ4v) is 4.03. The Balaban J connectivity index is 0.000000277. The number of carbonyl (C=O) groups excluding carboxylic acids is 1. The molecule has 0 aliphatic carbocycles. The molecule has 7 heteroatoms. The molecule has 1 atom stereocenters. The summed E-state index contributed by atoms with van der Waals surface area (Å²) in [7, 11) is 1.97. The monoisotopic (exact) mass is 428 g/mol. The number of aliphatic hydroxyl groups excluding tert-OH is 1. The lowest BCUT2D eigenvalue weighted by molar-refractivity contribution is -0.107. The van der Waals surface area contributed by atoms with Gasteiger partial charge in [0.15, 0.2) is 0 Å². The maximum absolute atomic E-state index is 9.86. The average Bonchev–Trinajstić information content (AvgIpc) is 3.16. The fraction of sp³-hybridized carbons (Fsp3) is 0.450. The van der Waals surface area contributed by atoms with Crippen molar-refractivity contribution in [2.75, 3.05) is 18.1 Å². The topological polar surface area (TPSA) is 61.4 Å². The second-order valence-electron chi connectivity index (χ2n) is 6.64. The van der Waals surface area contributed by atoms with Crippen molar-refractivity contribution < 1.29 is 9.90 Å². The number of thiophene rings is 1. The van der Waals surface area contributed by atoms with Gasteiger partial charge in [0.2, 0.25) is 6.41 Å². The Hall–Kier alpha value is -1.21. The van der Waals surface area contributed by atoms with Gasteiger partial charge in [0, 0.05) is 23.5 Å². The molecule has 0 bridgehead atoms. The number of amides is 1. The van der Waals surface area contributed by atoms with Crippen LogP contribution in [0.1, 0.15) is 62.3 Å². The molecule has 0 saturated carbocycles. The SMILES string of the molecule is CNc1c(C(C)C)cc(Cl)cc1C(C)C.O=CNSCC(O)c1ccsc1. The lowest BCUT2D eigenvalue weighted by Gasteiger charge is -2.19. The first-order valence-electron chi connectivity index (χ1n) is 8.83. The van der Waals surface area contributed by atoms with Gasteiger partial charge >= 0.3 is 0 Å². The number of benzene rings is 1. The van der Waals surface area contributed by atoms with Crippen molar-refractivity contribution in [3.05, 3.63) is 50.7 Å². The van der Waals surface area contributed by atoms with Gasteiger partial charge in [-0.25, -0.2) is 0 Å². The Morgan fingerprint density at radius 2 is 1.81 bits per heavy atom. The minimum atomic E-state index is -0.492. The van der Waals surface area contributed by atoms with Gasteiger partial charge in [-0.15, -0.1) is 0 Å². The van der Waals surface area contributed by atoms with Crippen LogP contribution in [0.25, 0.3) is 0 Å². The Morgan fingerprint density at radius 3 is 2.22 bits per heavy atom. The normalized spacial score (nSPS) is 11.7. The minimum absolute atomic E-state index is 0.482. The maximum Gasteiger partial charge on any atom is 0.216 e. The van der Waals surface area contributed by atoms with Crippen molar-refractivity contribution in [3.63, 3.8) is 0 Å². The highest BCUT2D eigenvalue weighted by atomic mass is 35.5. The van der Waals surface area contributed by atoms with E-state index in [1.54, 1.807) is 11.3 Å². The molecule has 27 heavy (non-hydrogen) atoms. The smallest absolute Gasteiger partial charge is 0.216 e. The molecule has 3 N–H and O–H groups in total. The average molecular weight is 429 g/mol. The molecule has 1 aromatic carbocycles. The van der Waals surface area contributed by atoms with Gasteiger partial charge in [-0.3, -0.25) is 4.79 Å². The van der Waals surface area contributed by atoms with Gasteiger partial charge in [0.25, 0.3) is 0 Å². The Kier molecular flexibility index (Phi) is 10.8. The molecule has 0 radical (unpaired) electrons. The number of rotatable bonds is 8. The standard InChI is InChI=1S/C13H20ClN.C7H9NO2S2/c1-8(2)11-6-10(14)7-12(9(3)4)13(11)15-5;9-5-8-12-4-7(10)6-1-2-11-3-6/h6-9,15H,1-5H3;1-3,5,7,10H,4H2,(H,8,9). The van der Waals surface area contributed by atoms with E-state index in [1.807, 2.05) is 23.9 Å². The predicted molar refractivity (Wildman–Crippen MR) is 120 cm³/mol. The van der Waals surface area contributed by atoms with Crippen LogP contribution in [0.3, 0.4) is 0 Å². The first-order chi connectivity index (χ1) is 12.8. The molecule has 4 nitrogen and oxygen atoms in total. The van der Waals surface area contributed by atoms with Crippen LogP contribution < -0.4 is 10.0 Å². The summed E-state index contributed by atoms with van der Waals surface area (Å²) in [4.78, 5) is 9.86. The number of nitrogens with one attached hydrogen (secondary N) is 2. The molecule has 2 rings (SSSR count). The molecule has 1 aromatic heterocycles. The van der Waals surface area contributed by atoms with E-state index in [4.69, 9.17) is 11.6 Å². The molecule has 0 saturated heterocycles. The van der Waals surface area contributed by atoms with Gasteiger partial charge in [-0.05, 0) is 69.4 Å². The van der Waals surface area contributed by atoms with Crippen molar-refractivity contribution in [3.8, 4) is 0 Å². The van der Waals surface area contributed by atoms with Gasteiger partial charge < -0.3 is 15.1 Å². The van der Waals surface area contributed by atoms with E-state index in [-0.39, 0.29) is 0 Å². The van der Waals surface area contributed by atoms with Crippen molar-refractivity contribution in [1.82, 2.24) is 4.72 Å². The molecule has 150 valence electrons. The lowest BCUT2D eigenvalue weighted by atomic mass is 9.93. The van der Waals surface area contributed by atoms with Crippen LogP contribution in [0.2, 0.25) is 5.02 Å². The van der Waals surface area contributed by atoms with E-state index in [9.17, 15) is 9.90 Å². The van der Waals surface area contributed by atoms with Crippen LogP contribution in [0.15, 0.2) is 29.0 Å². The predicted octanol–water partition coefficient (Wildman–Crippen LogP) is 5.80. The van der Waals surface area contributed by atoms with Crippen molar-refractivity contribution in [2.45, 2.75) is 45.6 Å². The highest BCUT2D eigenvalue weighted by Gasteiger charge is 2.14. The van der Waals surface area contributed by atoms with E-state index in [2.05, 4.69) is 49.9 Å². The van der Waals surface area contributed by atoms with Gasteiger partial charge in [-0.1, -0.05) is 39.3 Å². The quantitative estimate of drug-likeness (QED) is 0.282. The highest BCUT2D eigenvalue weighted by molar-refractivity contribution is 7.97. The van der Waals surface area contributed by atoms with Crippen LogP contribution in [0.5, 0.6) is 0 Å². The summed E-state index contributed by atoms with van der Waals surface area (Å²) in [5.74, 6) is 1.46. The zero-order valence-corrected chi connectivity index (χ0v) is 18.8. The highest BCUT2D eigenvalue weighted by Crippen LogP contribution is 2.34. The Labute approximate surface area is 175 Å². The molecule has 2 aromatic rings. The van der Waals surface area contributed by atoms with Crippen molar-refractivity contribution >= 4 is 47.0 Å². The number of carbonyl (C=O) groups is 1. The first kappa shape index (κ1) is 23.8. The van der Waals surface area contributed by atoms with Gasteiger partial charge in [-0.2, -0.15) is 11.3 Å². The van der Waals surface area contributed by atoms with E-state index in [1.165, 1.54) is 28.8 Å². The number of aliphatic hydroxyl groups is 1. The summed E-state index contributed by atoms with van der Waals surface area (Å²) in [5, 5.41) is 17.4. The number of hydrogen-bond donors (Lipinski definition) is 3. The van der Waals surface area contributed by atoms with E-state index in [0.29, 0.717) is 24.0 Å². The minimum Gasteiger partial charge on any atom is -0.388 e. The summed E-state index contributed by atoms with van der Waals surface area (Å²) in [6.07, 6.45) is 0.110. The van der Waals surface area contributed by atoms with Crippen LogP contribution in [-0.4, -0.2) is 24.3 Å². The summed E-state index contributed by atoms with van der Waals surface area (Å²) in [5.41, 5.74) is 4.74. The number of hydrogen-bond acceptors (Lipinski definition) is 5. The molecule has 0 aliphatic rings. The lowest BCUT2D eigenvalue weighted by Crippen LogP contribution is -2.05. The van der Waals surface area contributed by atoms with Crippen LogP contribution in [-0.2, 0) is 4.79 Å². The number of halogens is 1. The van der Waals surface area contributed by atoms with E-state index in [0.717, 1.165) is 10.6 Å². The van der Waals surface area contributed by atoms with Crippen molar-refractivity contribution in [1.29, 1.82) is 0 Å². The molecule has 1 heterocycles. The van der Waals surface area contributed by atoms with Crippen molar-refractivity contribution in [2.24, 2.45) is 0 Å². The van der Waals surface area contributed by atoms with Crippen LogP contribution >= 0.6 is 34.9 Å². The molecule has 1 unspecified atom stereocenters. The molecule has 0 spiro atoms. The first-order valence-corrected chi connectivity index (χ1v) is 11.1. The summed E-state index contributed by atoms with van der Waals surface area (Å²) in [6.45, 7) is 8.76. The third-order valence-corrected chi connectivity index (χ3v) is 5.62.